The zero-order valence-corrected chi connectivity index (χ0v) is 7.38. The Kier molecular flexibility index (Phi) is 3.55. The van der Waals surface area contributed by atoms with Gasteiger partial charge >= 0.3 is 5.97 Å². The van der Waals surface area contributed by atoms with E-state index in [1.54, 1.807) is 18.2 Å². The Bertz CT molecular complexity index is 354. The van der Waals surface area contributed by atoms with Gasteiger partial charge in [-0.15, -0.1) is 0 Å². The first-order chi connectivity index (χ1) is 6.72. The Morgan fingerprint density at radius 3 is 2.79 bits per heavy atom. The molecule has 0 saturated carbocycles. The van der Waals surface area contributed by atoms with Crippen LogP contribution < -0.4 is 0 Å². The molecule has 0 atom stereocenters. The van der Waals surface area contributed by atoms with Crippen molar-refractivity contribution in [1.82, 2.24) is 4.98 Å². The third-order valence-corrected chi connectivity index (χ3v) is 1.55. The lowest BCUT2D eigenvalue weighted by atomic mass is 10.2. The number of carbonyl (C=O) groups is 2. The molecular weight excluding hydrogens is 182 g/mol. The van der Waals surface area contributed by atoms with E-state index >= 15 is 0 Å². The molecule has 0 saturated heterocycles. The van der Waals surface area contributed by atoms with E-state index in [-0.39, 0.29) is 6.42 Å². The van der Waals surface area contributed by atoms with Gasteiger partial charge < -0.3 is 5.11 Å². The van der Waals surface area contributed by atoms with Crippen molar-refractivity contribution in [3.05, 3.63) is 35.7 Å². The maximum absolute atomic E-state index is 10.3. The standard InChI is InChI=1S/C10H9NO3/c12-5-1-2-8-3-4-9(11-7-8)6-10(13)14/h1-5,7H,6H2,(H,13,14). The molecule has 0 fully saturated rings. The van der Waals surface area contributed by atoms with Crippen LogP contribution >= 0.6 is 0 Å². The molecule has 1 aromatic heterocycles. The Morgan fingerprint density at radius 2 is 2.29 bits per heavy atom. The Labute approximate surface area is 80.9 Å². The minimum absolute atomic E-state index is 0.0856. The van der Waals surface area contributed by atoms with Crippen molar-refractivity contribution in [1.29, 1.82) is 0 Å². The van der Waals surface area contributed by atoms with E-state index in [0.717, 1.165) is 5.56 Å². The van der Waals surface area contributed by atoms with E-state index in [2.05, 4.69) is 4.98 Å². The number of carbonyl (C=O) groups excluding carboxylic acids is 1. The zero-order valence-electron chi connectivity index (χ0n) is 7.38. The molecule has 1 aromatic rings. The van der Waals surface area contributed by atoms with Gasteiger partial charge in [0.2, 0.25) is 0 Å². The average Bonchev–Trinajstić information content (AvgIpc) is 2.16. The predicted molar refractivity (Wildman–Crippen MR) is 50.7 cm³/mol. The highest BCUT2D eigenvalue weighted by Crippen LogP contribution is 2.02. The molecule has 1 rings (SSSR count). The van der Waals surface area contributed by atoms with E-state index in [1.165, 1.54) is 12.3 Å². The van der Waals surface area contributed by atoms with Gasteiger partial charge in [0.05, 0.1) is 12.1 Å². The lowest BCUT2D eigenvalue weighted by molar-refractivity contribution is -0.136. The predicted octanol–water partition coefficient (Wildman–Crippen LogP) is 0.921. The molecule has 4 nitrogen and oxygen atoms in total. The van der Waals surface area contributed by atoms with Crippen molar-refractivity contribution in [3.8, 4) is 0 Å². The highest BCUT2D eigenvalue weighted by molar-refractivity contribution is 5.73. The van der Waals surface area contributed by atoms with Crippen LogP contribution in [0, 0.1) is 0 Å². The Balaban J connectivity index is 2.73. The van der Waals surface area contributed by atoms with Crippen LogP contribution in [0.5, 0.6) is 0 Å². The Hall–Kier alpha value is -1.97. The third-order valence-electron chi connectivity index (χ3n) is 1.55. The molecule has 72 valence electrons. The number of allylic oxidation sites excluding steroid dienone is 1. The van der Waals surface area contributed by atoms with Crippen molar-refractivity contribution in [3.63, 3.8) is 0 Å². The van der Waals surface area contributed by atoms with Crippen molar-refractivity contribution in [2.75, 3.05) is 0 Å². The zero-order chi connectivity index (χ0) is 10.4. The number of hydrogen-bond acceptors (Lipinski definition) is 3. The molecule has 0 aliphatic heterocycles. The first-order valence-corrected chi connectivity index (χ1v) is 4.01. The lowest BCUT2D eigenvalue weighted by Gasteiger charge is -1.96. The number of carboxylic acids is 1. The quantitative estimate of drug-likeness (QED) is 0.567. The van der Waals surface area contributed by atoms with Gasteiger partial charge in [-0.25, -0.2) is 0 Å². The van der Waals surface area contributed by atoms with Crippen LogP contribution in [0.25, 0.3) is 6.08 Å². The normalized spacial score (nSPS) is 10.3. The summed E-state index contributed by atoms with van der Waals surface area (Å²) in [4.78, 5) is 24.3. The summed E-state index contributed by atoms with van der Waals surface area (Å²) in [5.41, 5.74) is 1.27. The van der Waals surface area contributed by atoms with Gasteiger partial charge in [-0.05, 0) is 17.7 Å². The number of hydrogen-bond donors (Lipinski definition) is 1. The van der Waals surface area contributed by atoms with Crippen molar-refractivity contribution in [2.24, 2.45) is 0 Å². The molecule has 0 radical (unpaired) electrons. The first-order valence-electron chi connectivity index (χ1n) is 4.01. The molecule has 0 aromatic carbocycles. The van der Waals surface area contributed by atoms with E-state index in [1.807, 2.05) is 0 Å². The van der Waals surface area contributed by atoms with Gasteiger partial charge in [-0.2, -0.15) is 0 Å². The molecule has 0 amide bonds. The van der Waals surface area contributed by atoms with Crippen molar-refractivity contribution in [2.45, 2.75) is 6.42 Å². The largest absolute Gasteiger partial charge is 0.481 e. The van der Waals surface area contributed by atoms with Crippen LogP contribution in [-0.4, -0.2) is 22.3 Å². The van der Waals surface area contributed by atoms with Gasteiger partial charge in [-0.3, -0.25) is 14.6 Å². The van der Waals surface area contributed by atoms with E-state index in [4.69, 9.17) is 5.11 Å². The number of nitrogens with zero attached hydrogens (tertiary/aromatic N) is 1. The third kappa shape index (κ3) is 3.18. The molecule has 4 heteroatoms. The SMILES string of the molecule is O=CC=Cc1ccc(CC(=O)O)nc1. The highest BCUT2D eigenvalue weighted by atomic mass is 16.4. The second kappa shape index (κ2) is 4.91. The van der Waals surface area contributed by atoms with Crippen LogP contribution in [0.3, 0.4) is 0 Å². The van der Waals surface area contributed by atoms with Crippen LogP contribution in [-0.2, 0) is 16.0 Å². The summed E-state index contributed by atoms with van der Waals surface area (Å²) in [5, 5.41) is 8.48. The number of aldehydes is 1. The van der Waals surface area contributed by atoms with Gasteiger partial charge in [0.1, 0.15) is 6.29 Å². The van der Waals surface area contributed by atoms with Gasteiger partial charge in [0.15, 0.2) is 0 Å². The molecule has 1 heterocycles. The van der Waals surface area contributed by atoms with Gasteiger partial charge in [-0.1, -0.05) is 12.1 Å². The van der Waals surface area contributed by atoms with Crippen LogP contribution in [0.4, 0.5) is 0 Å². The molecule has 0 unspecified atom stereocenters. The van der Waals surface area contributed by atoms with E-state index in [0.29, 0.717) is 12.0 Å². The van der Waals surface area contributed by atoms with E-state index in [9.17, 15) is 9.59 Å². The summed E-state index contributed by atoms with van der Waals surface area (Å²) in [6, 6.07) is 3.34. The number of aromatic nitrogens is 1. The maximum Gasteiger partial charge on any atom is 0.309 e. The maximum atomic E-state index is 10.3. The summed E-state index contributed by atoms with van der Waals surface area (Å²) < 4.78 is 0. The molecule has 14 heavy (non-hydrogen) atoms. The molecule has 0 aliphatic rings. The smallest absolute Gasteiger partial charge is 0.309 e. The fourth-order valence-corrected chi connectivity index (χ4v) is 0.944. The van der Waals surface area contributed by atoms with Crippen molar-refractivity contribution >= 4 is 18.3 Å². The highest BCUT2D eigenvalue weighted by Gasteiger charge is 2.00. The molecule has 0 aliphatic carbocycles. The fourth-order valence-electron chi connectivity index (χ4n) is 0.944. The van der Waals surface area contributed by atoms with Crippen LogP contribution in [0.15, 0.2) is 24.4 Å². The molecule has 0 spiro atoms. The summed E-state index contributed by atoms with van der Waals surface area (Å²) >= 11 is 0. The second-order valence-corrected chi connectivity index (χ2v) is 2.65. The molecule has 1 N–H and O–H groups in total. The second-order valence-electron chi connectivity index (χ2n) is 2.65. The summed E-state index contributed by atoms with van der Waals surface area (Å²) in [7, 11) is 0. The topological polar surface area (TPSA) is 67.3 Å². The number of pyridine rings is 1. The van der Waals surface area contributed by atoms with Crippen LogP contribution in [0.2, 0.25) is 0 Å². The monoisotopic (exact) mass is 191 g/mol. The van der Waals surface area contributed by atoms with Crippen LogP contribution in [0.1, 0.15) is 11.3 Å². The number of rotatable bonds is 4. The average molecular weight is 191 g/mol. The first kappa shape index (κ1) is 10.1. The molecule has 0 bridgehead atoms. The van der Waals surface area contributed by atoms with E-state index < -0.39 is 5.97 Å². The Morgan fingerprint density at radius 1 is 1.50 bits per heavy atom. The lowest BCUT2D eigenvalue weighted by Crippen LogP contribution is -2.01. The number of carboxylic acid groups (broad SMARTS) is 1. The molecular formula is C10H9NO3. The minimum Gasteiger partial charge on any atom is -0.481 e. The van der Waals surface area contributed by atoms with Crippen molar-refractivity contribution < 1.29 is 14.7 Å². The number of aliphatic carboxylic acids is 1. The summed E-state index contributed by atoms with van der Waals surface area (Å²) in [6.07, 6.45) is 5.07. The summed E-state index contributed by atoms with van der Waals surface area (Å²) in [6.45, 7) is 0. The minimum atomic E-state index is -0.909. The van der Waals surface area contributed by atoms with Gasteiger partial charge in [0.25, 0.3) is 0 Å². The summed E-state index contributed by atoms with van der Waals surface area (Å²) in [5.74, 6) is -0.909. The fraction of sp³-hybridized carbons (Fsp3) is 0.100. The van der Waals surface area contributed by atoms with Gasteiger partial charge in [0, 0.05) is 6.20 Å².